The molecule has 104 valence electrons. The van der Waals surface area contributed by atoms with Crippen LogP contribution in [-0.4, -0.2) is 34.2 Å². The summed E-state index contributed by atoms with van der Waals surface area (Å²) in [7, 11) is 0. The number of carbonyl (C=O) groups excluding carboxylic acids is 1. The lowest BCUT2D eigenvalue weighted by Crippen LogP contribution is -2.39. The van der Waals surface area contributed by atoms with E-state index in [9.17, 15) is 4.79 Å². The first-order valence-corrected chi connectivity index (χ1v) is 6.53. The summed E-state index contributed by atoms with van der Waals surface area (Å²) in [5, 5.41) is 0. The number of likely N-dealkylation sites (tertiary alicyclic amines) is 1. The van der Waals surface area contributed by atoms with Crippen LogP contribution < -0.4 is 5.73 Å². The maximum Gasteiger partial charge on any atom is 0.410 e. The summed E-state index contributed by atoms with van der Waals surface area (Å²) >= 11 is 0. The van der Waals surface area contributed by atoms with Crippen LogP contribution in [0.4, 0.5) is 4.79 Å². The molecule has 0 unspecified atom stereocenters. The van der Waals surface area contributed by atoms with E-state index < -0.39 is 5.60 Å². The Labute approximate surface area is 113 Å². The molecule has 0 radical (unpaired) electrons. The van der Waals surface area contributed by atoms with E-state index in [2.05, 4.69) is 4.98 Å². The van der Waals surface area contributed by atoms with E-state index >= 15 is 0 Å². The Morgan fingerprint density at radius 1 is 1.42 bits per heavy atom. The van der Waals surface area contributed by atoms with Gasteiger partial charge < -0.3 is 10.5 Å². The highest BCUT2D eigenvalue weighted by molar-refractivity contribution is 5.69. The number of carbonyl (C=O) groups is 1. The molecule has 5 nitrogen and oxygen atoms in total. The van der Waals surface area contributed by atoms with Crippen molar-refractivity contribution in [2.75, 3.05) is 6.54 Å². The second-order valence-electron chi connectivity index (χ2n) is 5.85. The molecule has 2 N–H and O–H groups in total. The van der Waals surface area contributed by atoms with Gasteiger partial charge in [0.2, 0.25) is 0 Å². The molecule has 1 saturated heterocycles. The number of hydrogen-bond acceptors (Lipinski definition) is 4. The van der Waals surface area contributed by atoms with Crippen LogP contribution in [0.2, 0.25) is 0 Å². The summed E-state index contributed by atoms with van der Waals surface area (Å²) in [6.07, 6.45) is 3.91. The van der Waals surface area contributed by atoms with Crippen molar-refractivity contribution in [3.05, 3.63) is 30.1 Å². The van der Waals surface area contributed by atoms with Crippen LogP contribution in [0.3, 0.4) is 0 Å². The molecule has 0 aromatic carbocycles. The van der Waals surface area contributed by atoms with Gasteiger partial charge in [-0.25, -0.2) is 4.79 Å². The van der Waals surface area contributed by atoms with Crippen molar-refractivity contribution in [2.45, 2.75) is 44.9 Å². The summed E-state index contributed by atoms with van der Waals surface area (Å²) in [4.78, 5) is 17.9. The number of rotatable bonds is 1. The van der Waals surface area contributed by atoms with Crippen LogP contribution in [-0.2, 0) is 4.74 Å². The monoisotopic (exact) mass is 263 g/mol. The molecule has 0 bridgehead atoms. The van der Waals surface area contributed by atoms with E-state index in [0.717, 1.165) is 12.0 Å². The molecule has 2 heterocycles. The Hall–Kier alpha value is -1.62. The van der Waals surface area contributed by atoms with Gasteiger partial charge in [0, 0.05) is 25.0 Å². The average Bonchev–Trinajstić information content (AvgIpc) is 2.70. The summed E-state index contributed by atoms with van der Waals surface area (Å²) in [5.74, 6) is 0. The van der Waals surface area contributed by atoms with E-state index in [1.807, 2.05) is 32.9 Å². The first-order valence-electron chi connectivity index (χ1n) is 6.53. The van der Waals surface area contributed by atoms with Gasteiger partial charge in [-0.3, -0.25) is 9.88 Å². The van der Waals surface area contributed by atoms with Gasteiger partial charge in [-0.05, 0) is 44.9 Å². The average molecular weight is 263 g/mol. The molecule has 19 heavy (non-hydrogen) atoms. The van der Waals surface area contributed by atoms with E-state index in [-0.39, 0.29) is 18.2 Å². The lowest BCUT2D eigenvalue weighted by atomic mass is 10.0. The molecule has 0 spiro atoms. The zero-order chi connectivity index (χ0) is 14.0. The van der Waals surface area contributed by atoms with Crippen molar-refractivity contribution in [2.24, 2.45) is 5.73 Å². The predicted molar refractivity (Wildman–Crippen MR) is 72.5 cm³/mol. The molecule has 2 atom stereocenters. The summed E-state index contributed by atoms with van der Waals surface area (Å²) in [6.45, 7) is 6.22. The maximum atomic E-state index is 12.2. The summed E-state index contributed by atoms with van der Waals surface area (Å²) < 4.78 is 5.44. The lowest BCUT2D eigenvalue weighted by molar-refractivity contribution is 0.0218. The van der Waals surface area contributed by atoms with Gasteiger partial charge in [-0.15, -0.1) is 0 Å². The molecule has 1 aliphatic rings. The first-order chi connectivity index (χ1) is 8.88. The van der Waals surface area contributed by atoms with Gasteiger partial charge in [0.05, 0.1) is 6.04 Å². The van der Waals surface area contributed by atoms with E-state index in [1.54, 1.807) is 17.3 Å². The van der Waals surface area contributed by atoms with Gasteiger partial charge in [0.25, 0.3) is 0 Å². The fraction of sp³-hybridized carbons (Fsp3) is 0.571. The number of nitrogens with zero attached hydrogens (tertiary/aromatic N) is 2. The van der Waals surface area contributed by atoms with E-state index in [1.165, 1.54) is 0 Å². The molecule has 1 aromatic heterocycles. The fourth-order valence-corrected chi connectivity index (χ4v) is 2.33. The third-order valence-corrected chi connectivity index (χ3v) is 3.12. The highest BCUT2D eigenvalue weighted by atomic mass is 16.6. The van der Waals surface area contributed by atoms with Crippen LogP contribution >= 0.6 is 0 Å². The highest BCUT2D eigenvalue weighted by Crippen LogP contribution is 2.32. The summed E-state index contributed by atoms with van der Waals surface area (Å²) in [5.41, 5.74) is 6.65. The van der Waals surface area contributed by atoms with Crippen LogP contribution in [0.5, 0.6) is 0 Å². The van der Waals surface area contributed by atoms with Crippen molar-refractivity contribution in [1.29, 1.82) is 0 Å². The lowest BCUT2D eigenvalue weighted by Gasteiger charge is -2.30. The molecule has 1 fully saturated rings. The minimum Gasteiger partial charge on any atom is -0.444 e. The van der Waals surface area contributed by atoms with Crippen LogP contribution in [0.15, 0.2) is 24.5 Å². The molecule has 2 rings (SSSR count). The number of nitrogens with two attached hydrogens (primary N) is 1. The van der Waals surface area contributed by atoms with Crippen molar-refractivity contribution in [1.82, 2.24) is 9.88 Å². The largest absolute Gasteiger partial charge is 0.444 e. The normalized spacial score (nSPS) is 23.5. The Kier molecular flexibility index (Phi) is 3.75. The quantitative estimate of drug-likeness (QED) is 0.842. The number of hydrogen-bond donors (Lipinski definition) is 1. The number of aromatic nitrogens is 1. The topological polar surface area (TPSA) is 68.5 Å². The molecule has 1 amide bonds. The third-order valence-electron chi connectivity index (χ3n) is 3.12. The smallest absolute Gasteiger partial charge is 0.410 e. The highest BCUT2D eigenvalue weighted by Gasteiger charge is 2.38. The van der Waals surface area contributed by atoms with Gasteiger partial charge in [-0.2, -0.15) is 0 Å². The third kappa shape index (κ3) is 3.23. The van der Waals surface area contributed by atoms with Gasteiger partial charge in [0.1, 0.15) is 5.60 Å². The molecular weight excluding hydrogens is 242 g/mol. The second-order valence-corrected chi connectivity index (χ2v) is 5.85. The molecule has 0 aliphatic carbocycles. The Bertz CT molecular complexity index is 442. The first kappa shape index (κ1) is 13.8. The van der Waals surface area contributed by atoms with Crippen LogP contribution in [0, 0.1) is 0 Å². The van der Waals surface area contributed by atoms with Crippen molar-refractivity contribution in [3.63, 3.8) is 0 Å². The standard InChI is InChI=1S/C14H21N3O2/c1-14(2,3)19-13(18)17-9-6-11(15)12(17)10-4-7-16-8-5-10/h4-5,7-8,11-12H,6,9,15H2,1-3H3/t11-,12+/m1/s1. The minimum atomic E-state index is -0.493. The van der Waals surface area contributed by atoms with Gasteiger partial charge in [0.15, 0.2) is 0 Å². The number of ether oxygens (including phenoxy) is 1. The minimum absolute atomic E-state index is 0.0603. The Balaban J connectivity index is 2.18. The molecular formula is C14H21N3O2. The molecule has 1 aliphatic heterocycles. The van der Waals surface area contributed by atoms with Gasteiger partial charge in [-0.1, -0.05) is 0 Å². The predicted octanol–water partition coefficient (Wildman–Crippen LogP) is 2.09. The van der Waals surface area contributed by atoms with Crippen molar-refractivity contribution in [3.8, 4) is 0 Å². The van der Waals surface area contributed by atoms with Crippen molar-refractivity contribution >= 4 is 6.09 Å². The van der Waals surface area contributed by atoms with Crippen LogP contribution in [0.1, 0.15) is 38.8 Å². The Morgan fingerprint density at radius 2 is 2.05 bits per heavy atom. The zero-order valence-corrected chi connectivity index (χ0v) is 11.7. The number of pyridine rings is 1. The maximum absolute atomic E-state index is 12.2. The zero-order valence-electron chi connectivity index (χ0n) is 11.7. The van der Waals surface area contributed by atoms with E-state index in [0.29, 0.717) is 6.54 Å². The molecule has 1 aromatic rings. The SMILES string of the molecule is CC(C)(C)OC(=O)N1CC[C@@H](N)[C@@H]1c1ccncc1. The number of amides is 1. The molecule has 0 saturated carbocycles. The van der Waals surface area contributed by atoms with Crippen LogP contribution in [0.25, 0.3) is 0 Å². The Morgan fingerprint density at radius 3 is 2.63 bits per heavy atom. The van der Waals surface area contributed by atoms with Crippen molar-refractivity contribution < 1.29 is 9.53 Å². The second kappa shape index (κ2) is 5.17. The summed E-state index contributed by atoms with van der Waals surface area (Å²) in [6, 6.07) is 3.60. The van der Waals surface area contributed by atoms with E-state index in [4.69, 9.17) is 10.5 Å². The molecule has 5 heteroatoms. The fourth-order valence-electron chi connectivity index (χ4n) is 2.33. The van der Waals surface area contributed by atoms with Gasteiger partial charge >= 0.3 is 6.09 Å².